The quantitative estimate of drug-likeness (QED) is 0.0335. The van der Waals surface area contributed by atoms with Gasteiger partial charge >= 0.3 is 11.7 Å². The summed E-state index contributed by atoms with van der Waals surface area (Å²) in [5.41, 5.74) is 34.5. The van der Waals surface area contributed by atoms with Crippen LogP contribution in [0.3, 0.4) is 0 Å². The van der Waals surface area contributed by atoms with Crippen molar-refractivity contribution in [2.45, 2.75) is 252 Å². The van der Waals surface area contributed by atoms with Gasteiger partial charge in [-0.25, -0.2) is 29.5 Å². The lowest BCUT2D eigenvalue weighted by atomic mass is 10.0. The average molecular weight is 1670 g/mol. The minimum absolute atomic E-state index is 0.0105. The number of nitrogen functional groups attached to an aromatic ring is 4. The van der Waals surface area contributed by atoms with E-state index in [9.17, 15) is 33.6 Å². The molecule has 9 aromatic rings. The molecule has 0 radical (unpaired) electrons. The molecule has 0 aromatic carbocycles. The summed E-state index contributed by atoms with van der Waals surface area (Å²) in [4.78, 5) is 116. The molecule has 0 fully saturated rings. The molecule has 0 bridgehead atoms. The zero-order chi connectivity index (χ0) is 91.1. The number of Topliss-reactive ketones (excluding diaryl/α,β-unsaturated/α-hetero) is 1. The molecule has 0 saturated heterocycles. The highest BCUT2D eigenvalue weighted by Gasteiger charge is 2.26. The Labute approximate surface area is 716 Å². The van der Waals surface area contributed by atoms with Crippen LogP contribution in [0.25, 0.3) is 44.1 Å². The highest BCUT2D eigenvalue weighted by atomic mass is 16.2. The van der Waals surface area contributed by atoms with E-state index in [0.29, 0.717) is 114 Å². The van der Waals surface area contributed by atoms with Gasteiger partial charge in [0, 0.05) is 123 Å². The van der Waals surface area contributed by atoms with Crippen molar-refractivity contribution >= 4 is 85.4 Å². The Morgan fingerprint density at radius 3 is 1.20 bits per heavy atom. The third-order valence-electron chi connectivity index (χ3n) is 18.1. The van der Waals surface area contributed by atoms with Gasteiger partial charge in [0.1, 0.15) is 53.1 Å². The van der Waals surface area contributed by atoms with Gasteiger partial charge in [-0.1, -0.05) is 113 Å². The number of rotatable bonds is 19. The molecule has 10 heterocycles. The van der Waals surface area contributed by atoms with Gasteiger partial charge in [-0.05, 0) is 137 Å². The third kappa shape index (κ3) is 29.9. The SMILES string of the molecule is CC(C)C(=O)CCC#Cc1cn(C(C)C)c2nc(N)[nH]c(=O)c12.CC(C)C(=O)NCC#Cc1cn(C(C)C)c2ncnc(N)c12.CC(C)CCC#Cc1cn(C(C)C)c2nc(N)[nH]c(=O)c12.CC(C)NCC#CC1=CN(C(C)C)C(=O)NC1N.CC(C)NCC#Cc1cn(C(C)C)c(=O)[nH]c1=O.CC(C)NCC#Cc1cn(C(C)C)c2ncnc(N)c12. The summed E-state index contributed by atoms with van der Waals surface area (Å²) in [5.74, 6) is 38.1. The van der Waals surface area contributed by atoms with Crippen LogP contribution in [0.1, 0.15) is 250 Å². The van der Waals surface area contributed by atoms with Crippen LogP contribution in [0.4, 0.5) is 28.3 Å². The first kappa shape index (κ1) is 99.9. The number of hydrogen-bond donors (Lipinski definition) is 13. The Balaban J connectivity index is 0.000000261. The van der Waals surface area contributed by atoms with Crippen molar-refractivity contribution in [3.8, 4) is 71.0 Å². The van der Waals surface area contributed by atoms with Gasteiger partial charge in [-0.3, -0.25) is 48.4 Å². The maximum atomic E-state index is 12.2. The van der Waals surface area contributed by atoms with Crippen LogP contribution >= 0.6 is 0 Å². The molecule has 32 heteroatoms. The van der Waals surface area contributed by atoms with E-state index in [1.807, 2.05) is 135 Å². The number of ketones is 1. The van der Waals surface area contributed by atoms with Crippen molar-refractivity contribution < 1.29 is 14.4 Å². The summed E-state index contributed by atoms with van der Waals surface area (Å²) >= 11 is 0. The molecule has 0 aliphatic carbocycles. The van der Waals surface area contributed by atoms with Crippen LogP contribution in [0.5, 0.6) is 0 Å². The number of anilines is 4. The van der Waals surface area contributed by atoms with Crippen LogP contribution < -0.4 is 77.6 Å². The highest BCUT2D eigenvalue weighted by molar-refractivity contribution is 5.94. The van der Waals surface area contributed by atoms with E-state index in [1.54, 1.807) is 11.1 Å². The average Bonchev–Trinajstić information content (AvgIpc) is 1.65. The topological polar surface area (TPSA) is 462 Å². The van der Waals surface area contributed by atoms with E-state index >= 15 is 0 Å². The van der Waals surface area contributed by atoms with E-state index in [0.717, 1.165) is 57.2 Å². The molecule has 0 saturated carbocycles. The lowest BCUT2D eigenvalue weighted by molar-refractivity contribution is -0.124. The zero-order valence-electron chi connectivity index (χ0n) is 75.4. The normalized spacial score (nSPS) is 12.2. The second-order valence-electron chi connectivity index (χ2n) is 32.5. The molecule has 32 nitrogen and oxygen atoms in total. The molecule has 10 rings (SSSR count). The number of H-pyrrole nitrogens is 3. The zero-order valence-corrected chi connectivity index (χ0v) is 75.4. The van der Waals surface area contributed by atoms with E-state index < -0.39 is 17.4 Å². The Morgan fingerprint density at radius 1 is 0.426 bits per heavy atom. The van der Waals surface area contributed by atoms with Crippen LogP contribution in [0.15, 0.2) is 74.6 Å². The fourth-order valence-electron chi connectivity index (χ4n) is 11.4. The van der Waals surface area contributed by atoms with Crippen LogP contribution in [0.2, 0.25) is 0 Å². The number of urea groups is 1. The Morgan fingerprint density at radius 2 is 0.803 bits per heavy atom. The lowest BCUT2D eigenvalue weighted by Crippen LogP contribution is -2.53. The minimum Gasteiger partial charge on any atom is -0.383 e. The number of aromatic amines is 3. The summed E-state index contributed by atoms with van der Waals surface area (Å²) in [7, 11) is 0. The number of aromatic nitrogens is 14. The third-order valence-corrected chi connectivity index (χ3v) is 18.1. The summed E-state index contributed by atoms with van der Waals surface area (Å²) in [6.07, 6.45) is 16.1. The van der Waals surface area contributed by atoms with Gasteiger partial charge in [0.15, 0.2) is 11.3 Å². The van der Waals surface area contributed by atoms with E-state index in [4.69, 9.17) is 28.7 Å². The fraction of sp³-hybridized carbons (Fsp3) is 0.500. The molecule has 1 aliphatic heterocycles. The Bertz CT molecular complexity index is 5780. The number of carbonyl (C=O) groups is 3. The summed E-state index contributed by atoms with van der Waals surface area (Å²) in [6.45, 7) is 50.3. The number of hydrogen-bond acceptors (Lipinski definition) is 21. The molecular formula is C90H127N25O7. The first-order chi connectivity index (χ1) is 57.4. The molecule has 9 aromatic heterocycles. The number of carbonyl (C=O) groups excluding carboxylic acids is 3. The summed E-state index contributed by atoms with van der Waals surface area (Å²) < 4.78 is 9.37. The van der Waals surface area contributed by atoms with Crippen molar-refractivity contribution in [2.24, 2.45) is 23.5 Å². The van der Waals surface area contributed by atoms with Crippen molar-refractivity contribution in [1.82, 2.24) is 99.2 Å². The van der Waals surface area contributed by atoms with E-state index in [1.165, 1.54) is 23.4 Å². The van der Waals surface area contributed by atoms with Gasteiger partial charge in [0.25, 0.3) is 16.7 Å². The first-order valence-corrected chi connectivity index (χ1v) is 41.3. The number of amides is 3. The van der Waals surface area contributed by atoms with Gasteiger partial charge < -0.3 is 73.5 Å². The molecule has 654 valence electrons. The number of nitrogens with one attached hydrogen (secondary N) is 8. The van der Waals surface area contributed by atoms with Gasteiger partial charge in [-0.15, -0.1) is 0 Å². The van der Waals surface area contributed by atoms with Crippen molar-refractivity contribution in [1.29, 1.82) is 0 Å². The first-order valence-electron chi connectivity index (χ1n) is 41.3. The molecule has 1 aliphatic rings. The lowest BCUT2D eigenvalue weighted by Gasteiger charge is -2.30. The maximum Gasteiger partial charge on any atom is 0.328 e. The van der Waals surface area contributed by atoms with Crippen molar-refractivity contribution in [2.75, 3.05) is 49.1 Å². The molecule has 1 unspecified atom stereocenters. The fourth-order valence-corrected chi connectivity index (χ4v) is 11.4. The van der Waals surface area contributed by atoms with Crippen LogP contribution in [-0.2, 0) is 9.59 Å². The number of nitrogens with two attached hydrogens (primary N) is 5. The highest BCUT2D eigenvalue weighted by Crippen LogP contribution is 2.28. The van der Waals surface area contributed by atoms with Crippen LogP contribution in [0, 0.1) is 88.8 Å². The molecule has 0 spiro atoms. The maximum absolute atomic E-state index is 12.2. The molecule has 1 atom stereocenters. The predicted octanol–water partition coefficient (Wildman–Crippen LogP) is 9.64. The molecule has 3 amide bonds. The van der Waals surface area contributed by atoms with Gasteiger partial charge in [0.2, 0.25) is 17.8 Å². The van der Waals surface area contributed by atoms with Crippen molar-refractivity contribution in [3.63, 3.8) is 0 Å². The second-order valence-corrected chi connectivity index (χ2v) is 32.5. The Kier molecular flexibility index (Phi) is 39.2. The summed E-state index contributed by atoms with van der Waals surface area (Å²) in [5, 5.41) is 17.6. The van der Waals surface area contributed by atoms with Gasteiger partial charge in [0.05, 0.1) is 75.6 Å². The minimum atomic E-state index is -0.515. The van der Waals surface area contributed by atoms with E-state index in [-0.39, 0.29) is 82.8 Å². The largest absolute Gasteiger partial charge is 0.383 e. The number of nitrogens with zero attached hydrogens (tertiary/aromatic N) is 12. The standard InChI is InChI=1S/C17H22N4O2.C16H21N5O.C16H22N4O.C15H21N5.C13H22N4O.C13H19N3O2/c1-10(2)13(22)8-6-5-7-12-9-21(11(3)4)15-14(12)16(23)20-17(18)19-15;1-10(2)16(22)18-7-5-6-12-8-21(11(3)4)15-13(12)14(17)19-9-20-15;1-10(2)7-5-6-8-12-9-20(11(3)4)14-13(12)15(21)19-16(17)18-14;1-10(2)17-7-5-6-12-8-20(11(3)4)15-13(12)14(16)18-9-19-15;1-9(2)15-7-5-6-11-8-17(10(3)4)13(18)16-12(11)14;1-9(2)14-7-5-6-11-8-16(10(3)4)13(18)15-12(11)17/h9-11H,6,8H2,1-4H3,(H3,18,19,20,23);8-11H,7H2,1-4H3,(H,18,22)(H2,17,19,20);9-11H,5,7H2,1-4H3,(H3,17,18,19,21);8-11,17H,7H2,1-4H3,(H2,16,18,19);8-10,12,15H,7,14H2,1-4H3,(H,16,18);8-10,14H,7H2,1-4H3,(H,15,17,18). The van der Waals surface area contributed by atoms with Crippen LogP contribution in [-0.4, -0.2) is 147 Å². The monoisotopic (exact) mass is 1670 g/mol. The molecular weight excluding hydrogens is 1540 g/mol. The predicted molar refractivity (Wildman–Crippen MR) is 491 cm³/mol. The smallest absolute Gasteiger partial charge is 0.328 e. The van der Waals surface area contributed by atoms with E-state index in [2.05, 4.69) is 216 Å². The van der Waals surface area contributed by atoms with Gasteiger partial charge in [-0.2, -0.15) is 9.97 Å². The van der Waals surface area contributed by atoms with Crippen molar-refractivity contribution in [3.05, 3.63) is 125 Å². The molecule has 18 N–H and O–H groups in total. The Hall–Kier alpha value is -12.7. The summed E-state index contributed by atoms with van der Waals surface area (Å²) in [6, 6.07) is 1.94. The molecule has 122 heavy (non-hydrogen) atoms. The number of fused-ring (bicyclic) bond motifs is 4. The second kappa shape index (κ2) is 47.9.